The molecule has 0 spiro atoms. The number of ether oxygens (including phenoxy) is 1. The van der Waals surface area contributed by atoms with Gasteiger partial charge in [-0.05, 0) is 12.8 Å². The van der Waals surface area contributed by atoms with Crippen molar-refractivity contribution in [3.63, 3.8) is 0 Å². The average molecular weight is 252 g/mol. The second kappa shape index (κ2) is 6.51. The summed E-state index contributed by atoms with van der Waals surface area (Å²) in [6, 6.07) is 0. The van der Waals surface area contributed by atoms with Gasteiger partial charge in [-0.3, -0.25) is 0 Å². The molecule has 1 aliphatic heterocycles. The first-order valence-corrected chi connectivity index (χ1v) is 7.11. The Balaban J connectivity index is 2.37. The smallest absolute Gasteiger partial charge is 0.215 e. The Morgan fingerprint density at radius 2 is 2.00 bits per heavy atom. The lowest BCUT2D eigenvalue weighted by Gasteiger charge is -2.30. The maximum absolute atomic E-state index is 11.7. The van der Waals surface area contributed by atoms with E-state index in [0.717, 1.165) is 0 Å². The molecule has 7 heteroatoms. The van der Waals surface area contributed by atoms with Crippen molar-refractivity contribution in [2.24, 2.45) is 5.73 Å². The molecule has 0 aromatic heterocycles. The van der Waals surface area contributed by atoms with Crippen molar-refractivity contribution in [2.75, 3.05) is 38.6 Å². The van der Waals surface area contributed by atoms with Crippen molar-refractivity contribution in [2.45, 2.75) is 18.9 Å². The van der Waals surface area contributed by atoms with Gasteiger partial charge >= 0.3 is 0 Å². The Morgan fingerprint density at radius 1 is 1.38 bits per heavy atom. The van der Waals surface area contributed by atoms with Gasteiger partial charge in [0.15, 0.2) is 0 Å². The molecule has 1 heterocycles. The fraction of sp³-hybridized carbons (Fsp3) is 1.00. The molecule has 3 N–H and O–H groups in total. The second-order valence-corrected chi connectivity index (χ2v) is 5.89. The molecule has 0 unspecified atom stereocenters. The first kappa shape index (κ1) is 13.9. The van der Waals surface area contributed by atoms with Crippen LogP contribution >= 0.6 is 0 Å². The van der Waals surface area contributed by atoms with E-state index < -0.39 is 10.0 Å². The molecule has 0 radical (unpaired) electrons. The third-order valence-electron chi connectivity index (χ3n) is 2.61. The first-order valence-electron chi connectivity index (χ1n) is 5.50. The standard InChI is InChI=1S/C9H20N2O4S/c10-3-8-16(13,14)11-4-1-9(2-5-11)15-7-6-12/h9,12H,1-8,10H2. The number of piperidine rings is 1. The maximum atomic E-state index is 11.7. The van der Waals surface area contributed by atoms with Crippen molar-refractivity contribution in [3.8, 4) is 0 Å². The van der Waals surface area contributed by atoms with Gasteiger partial charge in [-0.2, -0.15) is 0 Å². The van der Waals surface area contributed by atoms with E-state index in [0.29, 0.717) is 32.5 Å². The van der Waals surface area contributed by atoms with E-state index in [1.807, 2.05) is 0 Å². The molecule has 0 saturated carbocycles. The van der Waals surface area contributed by atoms with Crippen molar-refractivity contribution in [1.82, 2.24) is 4.31 Å². The van der Waals surface area contributed by atoms with Crippen LogP contribution in [0.5, 0.6) is 0 Å². The Morgan fingerprint density at radius 3 is 2.50 bits per heavy atom. The molecule has 96 valence electrons. The summed E-state index contributed by atoms with van der Waals surface area (Å²) in [6.07, 6.45) is 1.43. The van der Waals surface area contributed by atoms with Crippen LogP contribution < -0.4 is 5.73 Å². The Labute approximate surface area is 96.4 Å². The lowest BCUT2D eigenvalue weighted by Crippen LogP contribution is -2.43. The molecule has 1 fully saturated rings. The van der Waals surface area contributed by atoms with Gasteiger partial charge in [0, 0.05) is 19.6 Å². The van der Waals surface area contributed by atoms with E-state index in [1.54, 1.807) is 0 Å². The number of hydrogen-bond donors (Lipinski definition) is 2. The quantitative estimate of drug-likeness (QED) is 0.616. The van der Waals surface area contributed by atoms with E-state index in [1.165, 1.54) is 4.31 Å². The minimum atomic E-state index is -3.17. The van der Waals surface area contributed by atoms with Gasteiger partial charge in [0.2, 0.25) is 10.0 Å². The molecular weight excluding hydrogens is 232 g/mol. The highest BCUT2D eigenvalue weighted by Gasteiger charge is 2.27. The number of nitrogens with zero attached hydrogens (tertiary/aromatic N) is 1. The summed E-state index contributed by atoms with van der Waals surface area (Å²) in [5, 5.41) is 8.60. The predicted molar refractivity (Wildman–Crippen MR) is 60.5 cm³/mol. The van der Waals surface area contributed by atoms with E-state index in [-0.39, 0.29) is 25.0 Å². The zero-order chi connectivity index (χ0) is 12.0. The van der Waals surface area contributed by atoms with E-state index >= 15 is 0 Å². The molecule has 0 aromatic rings. The van der Waals surface area contributed by atoms with Crippen molar-refractivity contribution in [3.05, 3.63) is 0 Å². The summed E-state index contributed by atoms with van der Waals surface area (Å²) in [5.74, 6) is 0.00909. The van der Waals surface area contributed by atoms with Gasteiger partial charge in [0.25, 0.3) is 0 Å². The van der Waals surface area contributed by atoms with E-state index in [2.05, 4.69) is 0 Å². The Hall–Kier alpha value is -0.210. The highest BCUT2D eigenvalue weighted by molar-refractivity contribution is 7.89. The summed E-state index contributed by atoms with van der Waals surface area (Å²) in [7, 11) is -3.17. The fourth-order valence-electron chi connectivity index (χ4n) is 1.77. The molecule has 1 saturated heterocycles. The van der Waals surface area contributed by atoms with Gasteiger partial charge in [-0.25, -0.2) is 12.7 Å². The van der Waals surface area contributed by atoms with Gasteiger partial charge in [-0.15, -0.1) is 0 Å². The van der Waals surface area contributed by atoms with Gasteiger partial charge in [0.05, 0.1) is 25.1 Å². The molecule has 0 amide bonds. The summed E-state index contributed by atoms with van der Waals surface area (Å²) in [6.45, 7) is 1.45. The third kappa shape index (κ3) is 3.99. The number of rotatable bonds is 6. The zero-order valence-electron chi connectivity index (χ0n) is 9.34. The Kier molecular flexibility index (Phi) is 5.63. The monoisotopic (exact) mass is 252 g/mol. The molecule has 1 rings (SSSR count). The third-order valence-corrected chi connectivity index (χ3v) is 4.52. The zero-order valence-corrected chi connectivity index (χ0v) is 10.2. The van der Waals surface area contributed by atoms with Gasteiger partial charge < -0.3 is 15.6 Å². The van der Waals surface area contributed by atoms with Crippen LogP contribution in [0.15, 0.2) is 0 Å². The summed E-state index contributed by atoms with van der Waals surface area (Å²) < 4.78 is 30.2. The van der Waals surface area contributed by atoms with Gasteiger partial charge in [-0.1, -0.05) is 0 Å². The highest BCUT2D eigenvalue weighted by atomic mass is 32.2. The maximum Gasteiger partial charge on any atom is 0.215 e. The molecule has 0 bridgehead atoms. The minimum absolute atomic E-state index is 0.00564. The molecule has 16 heavy (non-hydrogen) atoms. The summed E-state index contributed by atoms with van der Waals surface area (Å²) in [5.41, 5.74) is 5.26. The number of aliphatic hydroxyl groups excluding tert-OH is 1. The van der Waals surface area contributed by atoms with Gasteiger partial charge in [0.1, 0.15) is 0 Å². The minimum Gasteiger partial charge on any atom is -0.394 e. The fourth-order valence-corrected chi connectivity index (χ4v) is 3.10. The number of hydrogen-bond acceptors (Lipinski definition) is 5. The molecule has 0 aliphatic carbocycles. The Bertz CT molecular complexity index is 286. The average Bonchev–Trinajstić information content (AvgIpc) is 2.27. The molecule has 1 aliphatic rings. The summed E-state index contributed by atoms with van der Waals surface area (Å²) >= 11 is 0. The van der Waals surface area contributed by atoms with Crippen LogP contribution in [-0.4, -0.2) is 62.5 Å². The van der Waals surface area contributed by atoms with Crippen LogP contribution in [0.1, 0.15) is 12.8 Å². The SMILES string of the molecule is NCCS(=O)(=O)N1CCC(OCCO)CC1. The predicted octanol–water partition coefficient (Wildman–Crippen LogP) is -1.25. The molecule has 6 nitrogen and oxygen atoms in total. The largest absolute Gasteiger partial charge is 0.394 e. The molecule has 0 atom stereocenters. The second-order valence-electron chi connectivity index (χ2n) is 3.80. The first-order chi connectivity index (χ1) is 7.60. The number of aliphatic hydroxyl groups is 1. The van der Waals surface area contributed by atoms with Crippen molar-refractivity contribution < 1.29 is 18.3 Å². The lowest BCUT2D eigenvalue weighted by molar-refractivity contribution is 0.00320. The summed E-state index contributed by atoms with van der Waals surface area (Å²) in [4.78, 5) is 0. The topological polar surface area (TPSA) is 92.9 Å². The molecule has 0 aromatic carbocycles. The van der Waals surface area contributed by atoms with Crippen LogP contribution in [0.3, 0.4) is 0 Å². The van der Waals surface area contributed by atoms with Crippen LogP contribution in [-0.2, 0) is 14.8 Å². The van der Waals surface area contributed by atoms with Crippen molar-refractivity contribution >= 4 is 10.0 Å². The van der Waals surface area contributed by atoms with E-state index in [4.69, 9.17) is 15.6 Å². The number of sulfonamides is 1. The number of nitrogens with two attached hydrogens (primary N) is 1. The lowest BCUT2D eigenvalue weighted by atomic mass is 10.1. The van der Waals surface area contributed by atoms with Crippen molar-refractivity contribution in [1.29, 1.82) is 0 Å². The van der Waals surface area contributed by atoms with E-state index in [9.17, 15) is 8.42 Å². The highest BCUT2D eigenvalue weighted by Crippen LogP contribution is 2.16. The normalized spacial score (nSPS) is 20.1. The van der Waals surface area contributed by atoms with Crippen LogP contribution in [0, 0.1) is 0 Å². The molecular formula is C9H20N2O4S. The van der Waals surface area contributed by atoms with Crippen LogP contribution in [0.25, 0.3) is 0 Å². The van der Waals surface area contributed by atoms with Crippen LogP contribution in [0.2, 0.25) is 0 Å². The van der Waals surface area contributed by atoms with Crippen LogP contribution in [0.4, 0.5) is 0 Å².